The van der Waals surface area contributed by atoms with Crippen LogP contribution in [0.1, 0.15) is 39.7 Å². The zero-order valence-corrected chi connectivity index (χ0v) is 16.3. The van der Waals surface area contributed by atoms with Crippen molar-refractivity contribution in [1.82, 2.24) is 14.8 Å². The van der Waals surface area contributed by atoms with E-state index >= 15 is 0 Å². The maximum Gasteiger partial charge on any atom is 0.421 e. The van der Waals surface area contributed by atoms with Crippen LogP contribution in [0.25, 0.3) is 0 Å². The molecule has 5 nitrogen and oxygen atoms in total. The van der Waals surface area contributed by atoms with E-state index in [1.54, 1.807) is 0 Å². The number of nitrogens with zero attached hydrogens (tertiary/aromatic N) is 2. The first-order valence-corrected chi connectivity index (χ1v) is 9.18. The third-order valence-electron chi connectivity index (χ3n) is 5.08. The maximum absolute atomic E-state index is 12.8. The summed E-state index contributed by atoms with van der Waals surface area (Å²) in [4.78, 5) is 26.5. The fraction of sp³-hybridized carbons (Fsp3) is 0.684. The summed E-state index contributed by atoms with van der Waals surface area (Å²) < 4.78 is 39.2. The van der Waals surface area contributed by atoms with Gasteiger partial charge in [0.05, 0.1) is 0 Å². The lowest BCUT2D eigenvalue weighted by Gasteiger charge is -2.45. The second-order valence-electron chi connectivity index (χ2n) is 8.29. The van der Waals surface area contributed by atoms with Crippen molar-refractivity contribution in [2.75, 3.05) is 19.6 Å². The highest BCUT2D eigenvalue weighted by Crippen LogP contribution is 2.27. The number of rotatable bonds is 5. The van der Waals surface area contributed by atoms with Gasteiger partial charge in [0.1, 0.15) is 12.1 Å². The highest BCUT2D eigenvalue weighted by molar-refractivity contribution is 5.75. The zero-order chi connectivity index (χ0) is 20.4. The zero-order valence-electron chi connectivity index (χ0n) is 16.3. The number of amides is 1. The number of likely N-dealkylation sites (tertiary alicyclic amines) is 1. The van der Waals surface area contributed by atoms with E-state index in [1.807, 2.05) is 13.8 Å². The monoisotopic (exact) mass is 387 g/mol. The Morgan fingerprint density at radius 2 is 1.81 bits per heavy atom. The van der Waals surface area contributed by atoms with Crippen molar-refractivity contribution in [3.63, 3.8) is 0 Å². The predicted octanol–water partition coefficient (Wildman–Crippen LogP) is 2.74. The molecular weight excluding hydrogens is 359 g/mol. The number of piperidine rings is 1. The van der Waals surface area contributed by atoms with Crippen LogP contribution >= 0.6 is 0 Å². The van der Waals surface area contributed by atoms with Crippen LogP contribution in [0.3, 0.4) is 0 Å². The molecule has 2 atom stereocenters. The van der Waals surface area contributed by atoms with Gasteiger partial charge in [0, 0.05) is 31.4 Å². The Morgan fingerprint density at radius 1 is 1.22 bits per heavy atom. The molecule has 8 heteroatoms. The van der Waals surface area contributed by atoms with Gasteiger partial charge in [-0.15, -0.1) is 0 Å². The minimum atomic E-state index is -4.74. The summed E-state index contributed by atoms with van der Waals surface area (Å²) in [5.41, 5.74) is -2.76. The Bertz CT molecular complexity index is 718. The van der Waals surface area contributed by atoms with E-state index in [4.69, 9.17) is 0 Å². The standard InChI is InChI=1S/C19H28F3N3O2/c1-13-8-14(2)10-25(9-13)18(3,4)12-23-16(26)11-24-7-5-6-15(17(24)27)19(20,21)22/h5-7,13-14H,8-12H2,1-4H3,(H,23,26). The lowest BCUT2D eigenvalue weighted by Crippen LogP contribution is -2.56. The predicted molar refractivity (Wildman–Crippen MR) is 97.3 cm³/mol. The first kappa shape index (κ1) is 21.5. The number of halogens is 3. The second kappa shape index (κ2) is 8.04. The van der Waals surface area contributed by atoms with E-state index in [-0.39, 0.29) is 5.54 Å². The number of alkyl halides is 3. The van der Waals surface area contributed by atoms with Gasteiger partial charge >= 0.3 is 6.18 Å². The van der Waals surface area contributed by atoms with Crippen LogP contribution in [0.5, 0.6) is 0 Å². The molecule has 1 aliphatic heterocycles. The van der Waals surface area contributed by atoms with Gasteiger partial charge in [0.15, 0.2) is 0 Å². The van der Waals surface area contributed by atoms with Crippen molar-refractivity contribution >= 4 is 5.91 Å². The van der Waals surface area contributed by atoms with Crippen LogP contribution in [0, 0.1) is 11.8 Å². The van der Waals surface area contributed by atoms with Crippen molar-refractivity contribution in [3.8, 4) is 0 Å². The topological polar surface area (TPSA) is 54.3 Å². The molecule has 0 radical (unpaired) electrons. The van der Waals surface area contributed by atoms with E-state index in [2.05, 4.69) is 24.1 Å². The molecule has 0 aliphatic carbocycles. The number of nitrogens with one attached hydrogen (secondary N) is 1. The van der Waals surface area contributed by atoms with E-state index in [9.17, 15) is 22.8 Å². The normalized spacial score (nSPS) is 21.9. The quantitative estimate of drug-likeness (QED) is 0.845. The molecule has 0 aromatic carbocycles. The molecule has 1 N–H and O–H groups in total. The molecule has 2 unspecified atom stereocenters. The number of hydrogen-bond donors (Lipinski definition) is 1. The maximum atomic E-state index is 12.8. The first-order chi connectivity index (χ1) is 12.4. The number of carbonyl (C=O) groups excluding carboxylic acids is 1. The van der Waals surface area contributed by atoms with Crippen molar-refractivity contribution < 1.29 is 18.0 Å². The summed E-state index contributed by atoms with van der Waals surface area (Å²) in [6.07, 6.45) is -2.37. The number of pyridine rings is 1. The van der Waals surface area contributed by atoms with Gasteiger partial charge < -0.3 is 9.88 Å². The minimum absolute atomic E-state index is 0.280. The van der Waals surface area contributed by atoms with Gasteiger partial charge in [-0.1, -0.05) is 13.8 Å². The van der Waals surface area contributed by atoms with Crippen LogP contribution in [0.4, 0.5) is 13.2 Å². The Balaban J connectivity index is 1.99. The summed E-state index contributed by atoms with van der Waals surface area (Å²) in [6, 6.07) is 1.84. The molecule has 27 heavy (non-hydrogen) atoms. The molecule has 1 aromatic heterocycles. The largest absolute Gasteiger partial charge is 0.421 e. The van der Waals surface area contributed by atoms with Crippen LogP contribution in [0.15, 0.2) is 23.1 Å². The van der Waals surface area contributed by atoms with E-state index in [0.29, 0.717) is 18.4 Å². The summed E-state index contributed by atoms with van der Waals surface area (Å²) >= 11 is 0. The highest BCUT2D eigenvalue weighted by Gasteiger charge is 2.35. The first-order valence-electron chi connectivity index (χ1n) is 9.18. The molecule has 1 aromatic rings. The summed E-state index contributed by atoms with van der Waals surface area (Å²) in [5, 5.41) is 2.76. The lowest BCUT2D eigenvalue weighted by molar-refractivity contribution is -0.139. The van der Waals surface area contributed by atoms with Crippen molar-refractivity contribution in [3.05, 3.63) is 34.2 Å². The smallest absolute Gasteiger partial charge is 0.353 e. The van der Waals surface area contributed by atoms with Crippen LogP contribution in [0.2, 0.25) is 0 Å². The van der Waals surface area contributed by atoms with Gasteiger partial charge in [0.25, 0.3) is 5.56 Å². The lowest BCUT2D eigenvalue weighted by atomic mass is 9.88. The van der Waals surface area contributed by atoms with Crippen molar-refractivity contribution in [2.24, 2.45) is 11.8 Å². The van der Waals surface area contributed by atoms with E-state index in [0.717, 1.165) is 29.8 Å². The van der Waals surface area contributed by atoms with Gasteiger partial charge in [-0.3, -0.25) is 14.5 Å². The SMILES string of the molecule is CC1CC(C)CN(C(C)(C)CNC(=O)Cn2cccc(C(F)(F)F)c2=O)C1. The Labute approximate surface area is 157 Å². The summed E-state index contributed by atoms with van der Waals surface area (Å²) in [5.74, 6) is 0.669. The Morgan fingerprint density at radius 3 is 2.37 bits per heavy atom. The Kier molecular flexibility index (Phi) is 6.39. The van der Waals surface area contributed by atoms with Gasteiger partial charge in [-0.25, -0.2) is 0 Å². The van der Waals surface area contributed by atoms with Crippen molar-refractivity contribution in [2.45, 2.75) is 52.4 Å². The Hall–Kier alpha value is -1.83. The molecular formula is C19H28F3N3O2. The van der Waals surface area contributed by atoms with E-state index in [1.165, 1.54) is 12.6 Å². The van der Waals surface area contributed by atoms with Crippen LogP contribution in [-0.2, 0) is 17.5 Å². The number of carbonyl (C=O) groups is 1. The van der Waals surface area contributed by atoms with Gasteiger partial charge in [0.2, 0.25) is 5.91 Å². The van der Waals surface area contributed by atoms with Crippen molar-refractivity contribution in [1.29, 1.82) is 0 Å². The third-order valence-corrected chi connectivity index (χ3v) is 5.08. The van der Waals surface area contributed by atoms with Gasteiger partial charge in [-0.05, 0) is 44.2 Å². The molecule has 2 rings (SSSR count). The molecule has 0 bridgehead atoms. The molecule has 2 heterocycles. The fourth-order valence-corrected chi connectivity index (χ4v) is 3.67. The molecule has 1 saturated heterocycles. The van der Waals surface area contributed by atoms with Crippen LogP contribution in [-0.4, -0.2) is 40.5 Å². The van der Waals surface area contributed by atoms with Gasteiger partial charge in [-0.2, -0.15) is 13.2 Å². The molecule has 152 valence electrons. The average molecular weight is 387 g/mol. The molecule has 0 saturated carbocycles. The van der Waals surface area contributed by atoms with E-state index < -0.39 is 29.8 Å². The molecule has 1 fully saturated rings. The number of aromatic nitrogens is 1. The second-order valence-corrected chi connectivity index (χ2v) is 8.29. The average Bonchev–Trinajstić information content (AvgIpc) is 2.53. The highest BCUT2D eigenvalue weighted by atomic mass is 19.4. The third kappa shape index (κ3) is 5.57. The molecule has 1 aliphatic rings. The minimum Gasteiger partial charge on any atom is -0.353 e. The fourth-order valence-electron chi connectivity index (χ4n) is 3.67. The van der Waals surface area contributed by atoms with Crippen LogP contribution < -0.4 is 10.9 Å². The molecule has 0 spiro atoms. The number of hydrogen-bond acceptors (Lipinski definition) is 3. The molecule has 1 amide bonds. The summed E-state index contributed by atoms with van der Waals surface area (Å²) in [6.45, 7) is 10.3. The summed E-state index contributed by atoms with van der Waals surface area (Å²) in [7, 11) is 0.